The van der Waals surface area contributed by atoms with Gasteiger partial charge in [-0.3, -0.25) is 4.79 Å². The summed E-state index contributed by atoms with van der Waals surface area (Å²) in [6, 6.07) is 15.1. The van der Waals surface area contributed by atoms with E-state index >= 15 is 0 Å². The molecule has 0 heterocycles. The highest BCUT2D eigenvalue weighted by Gasteiger charge is 2.17. The van der Waals surface area contributed by atoms with Gasteiger partial charge in [0.05, 0.1) is 7.11 Å². The van der Waals surface area contributed by atoms with Crippen LogP contribution in [-0.4, -0.2) is 12.9 Å². The molecule has 116 valence electrons. The van der Waals surface area contributed by atoms with E-state index in [0.29, 0.717) is 10.6 Å². The molecule has 0 unspecified atom stereocenters. The maximum Gasteiger partial charge on any atom is 0.185 e. The van der Waals surface area contributed by atoms with Crippen molar-refractivity contribution in [2.75, 3.05) is 7.11 Å². The Morgan fingerprint density at radius 3 is 2.57 bits per heavy atom. The largest absolute Gasteiger partial charge is 0.496 e. The number of aryl methyl sites for hydroxylation is 1. The molecule has 0 fully saturated rings. The molecular formula is C20H17ClO2. The quantitative estimate of drug-likeness (QED) is 0.579. The van der Waals surface area contributed by atoms with Gasteiger partial charge in [0.15, 0.2) is 5.78 Å². The smallest absolute Gasteiger partial charge is 0.185 e. The lowest BCUT2D eigenvalue weighted by atomic mass is 9.90. The summed E-state index contributed by atoms with van der Waals surface area (Å²) < 4.78 is 5.58. The molecule has 3 rings (SSSR count). The van der Waals surface area contributed by atoms with Crippen LogP contribution in [0.4, 0.5) is 0 Å². The molecule has 23 heavy (non-hydrogen) atoms. The maximum atomic E-state index is 12.2. The Kier molecular flexibility index (Phi) is 4.63. The van der Waals surface area contributed by atoms with Crippen LogP contribution in [0.15, 0.2) is 66.3 Å². The number of rotatable bonds is 4. The Bertz CT molecular complexity index is 786. The molecule has 0 saturated carbocycles. The van der Waals surface area contributed by atoms with Gasteiger partial charge in [0.1, 0.15) is 5.76 Å². The van der Waals surface area contributed by atoms with Crippen LogP contribution in [-0.2, 0) is 11.2 Å². The van der Waals surface area contributed by atoms with Gasteiger partial charge in [-0.1, -0.05) is 41.9 Å². The standard InChI is InChI=1S/C20H17ClO2/c1-23-20-16(7-6-14-4-2-3-5-18(14)20)10-13-19(22)15-8-11-17(21)12-9-15/h2-5,8-13H,6-7H2,1H3/b13-10+. The predicted octanol–water partition coefficient (Wildman–Crippen LogP) is 5.08. The lowest BCUT2D eigenvalue weighted by Crippen LogP contribution is -2.05. The number of carbonyl (C=O) groups is 1. The molecule has 0 spiro atoms. The highest BCUT2D eigenvalue weighted by molar-refractivity contribution is 6.30. The van der Waals surface area contributed by atoms with Crippen molar-refractivity contribution in [1.82, 2.24) is 0 Å². The van der Waals surface area contributed by atoms with Gasteiger partial charge >= 0.3 is 0 Å². The van der Waals surface area contributed by atoms with Crippen LogP contribution in [0.3, 0.4) is 0 Å². The first-order valence-corrected chi connectivity index (χ1v) is 7.90. The molecule has 0 aromatic heterocycles. The normalized spacial score (nSPS) is 14.0. The molecule has 3 heteroatoms. The Balaban J connectivity index is 1.88. The van der Waals surface area contributed by atoms with Gasteiger partial charge in [-0.05, 0) is 54.3 Å². The van der Waals surface area contributed by atoms with E-state index in [1.54, 1.807) is 37.5 Å². The van der Waals surface area contributed by atoms with E-state index in [1.165, 1.54) is 5.56 Å². The van der Waals surface area contributed by atoms with Gasteiger partial charge in [0.25, 0.3) is 0 Å². The van der Waals surface area contributed by atoms with Gasteiger partial charge in [-0.15, -0.1) is 0 Å². The number of hydrogen-bond donors (Lipinski definition) is 0. The van der Waals surface area contributed by atoms with Crippen molar-refractivity contribution in [2.24, 2.45) is 0 Å². The molecule has 1 aliphatic rings. The van der Waals surface area contributed by atoms with Gasteiger partial charge in [0, 0.05) is 16.1 Å². The maximum absolute atomic E-state index is 12.2. The number of allylic oxidation sites excluding steroid dienone is 3. The fourth-order valence-electron chi connectivity index (χ4n) is 2.80. The second-order valence-corrected chi connectivity index (χ2v) is 5.86. The highest BCUT2D eigenvalue weighted by atomic mass is 35.5. The van der Waals surface area contributed by atoms with Gasteiger partial charge < -0.3 is 4.74 Å². The summed E-state index contributed by atoms with van der Waals surface area (Å²) in [6.07, 6.45) is 5.29. The minimum absolute atomic E-state index is 0.0384. The number of ketones is 1. The van der Waals surface area contributed by atoms with Gasteiger partial charge in [0.2, 0.25) is 0 Å². The van der Waals surface area contributed by atoms with E-state index in [2.05, 4.69) is 12.1 Å². The molecule has 2 aromatic carbocycles. The third kappa shape index (κ3) is 3.38. The van der Waals surface area contributed by atoms with Crippen molar-refractivity contribution in [3.05, 3.63) is 88.0 Å². The second kappa shape index (κ2) is 6.84. The van der Waals surface area contributed by atoms with Crippen LogP contribution in [0.5, 0.6) is 0 Å². The summed E-state index contributed by atoms with van der Waals surface area (Å²) in [4.78, 5) is 12.2. The van der Waals surface area contributed by atoms with E-state index in [1.807, 2.05) is 18.2 Å². The van der Waals surface area contributed by atoms with Crippen molar-refractivity contribution in [3.8, 4) is 0 Å². The van der Waals surface area contributed by atoms with Crippen molar-refractivity contribution in [1.29, 1.82) is 0 Å². The number of hydrogen-bond acceptors (Lipinski definition) is 2. The summed E-state index contributed by atoms with van der Waals surface area (Å²) in [5.41, 5.74) is 4.07. The predicted molar refractivity (Wildman–Crippen MR) is 93.6 cm³/mol. The van der Waals surface area contributed by atoms with Crippen LogP contribution in [0.1, 0.15) is 27.9 Å². The zero-order valence-electron chi connectivity index (χ0n) is 12.9. The lowest BCUT2D eigenvalue weighted by Gasteiger charge is -2.20. The Morgan fingerprint density at radius 1 is 1.09 bits per heavy atom. The third-order valence-corrected chi connectivity index (χ3v) is 4.24. The fraction of sp³-hybridized carbons (Fsp3) is 0.150. The molecule has 0 saturated heterocycles. The summed E-state index contributed by atoms with van der Waals surface area (Å²) in [5, 5.41) is 0.624. The molecule has 0 radical (unpaired) electrons. The number of ether oxygens (including phenoxy) is 1. The number of halogens is 1. The first kappa shape index (κ1) is 15.6. The highest BCUT2D eigenvalue weighted by Crippen LogP contribution is 2.32. The van der Waals surface area contributed by atoms with E-state index in [-0.39, 0.29) is 5.78 Å². The summed E-state index contributed by atoms with van der Waals surface area (Å²) in [6.45, 7) is 0. The van der Waals surface area contributed by atoms with Gasteiger partial charge in [-0.2, -0.15) is 0 Å². The topological polar surface area (TPSA) is 26.3 Å². The first-order chi connectivity index (χ1) is 11.2. The minimum atomic E-state index is -0.0384. The summed E-state index contributed by atoms with van der Waals surface area (Å²) in [5.74, 6) is 0.815. The molecular weight excluding hydrogens is 308 g/mol. The monoisotopic (exact) mass is 324 g/mol. The Labute approximate surface area is 141 Å². The summed E-state index contributed by atoms with van der Waals surface area (Å²) >= 11 is 5.85. The van der Waals surface area contributed by atoms with E-state index in [9.17, 15) is 4.79 Å². The number of benzene rings is 2. The number of methoxy groups -OCH3 is 1. The first-order valence-electron chi connectivity index (χ1n) is 7.52. The second-order valence-electron chi connectivity index (χ2n) is 5.42. The third-order valence-electron chi connectivity index (χ3n) is 3.99. The zero-order chi connectivity index (χ0) is 16.2. The van der Waals surface area contributed by atoms with Crippen LogP contribution < -0.4 is 0 Å². The average molecular weight is 325 g/mol. The minimum Gasteiger partial charge on any atom is -0.496 e. The molecule has 0 bridgehead atoms. The van der Waals surface area contributed by atoms with E-state index < -0.39 is 0 Å². The fourth-order valence-corrected chi connectivity index (χ4v) is 2.93. The number of carbonyl (C=O) groups excluding carboxylic acids is 1. The molecule has 2 nitrogen and oxygen atoms in total. The SMILES string of the molecule is COC1=C(/C=C/C(=O)c2ccc(Cl)cc2)CCc2ccccc21. The van der Waals surface area contributed by atoms with Crippen molar-refractivity contribution in [2.45, 2.75) is 12.8 Å². The Hall–Kier alpha value is -2.32. The zero-order valence-corrected chi connectivity index (χ0v) is 13.6. The average Bonchev–Trinajstić information content (AvgIpc) is 2.59. The molecule has 0 atom stereocenters. The van der Waals surface area contributed by atoms with E-state index in [4.69, 9.17) is 16.3 Å². The Morgan fingerprint density at radius 2 is 1.83 bits per heavy atom. The van der Waals surface area contributed by atoms with Crippen molar-refractivity contribution in [3.63, 3.8) is 0 Å². The molecule has 1 aliphatic carbocycles. The number of fused-ring (bicyclic) bond motifs is 1. The van der Waals surface area contributed by atoms with Crippen LogP contribution in [0, 0.1) is 0 Å². The van der Waals surface area contributed by atoms with Crippen LogP contribution in [0.2, 0.25) is 5.02 Å². The van der Waals surface area contributed by atoms with Crippen LogP contribution >= 0.6 is 11.6 Å². The van der Waals surface area contributed by atoms with Gasteiger partial charge in [-0.25, -0.2) is 0 Å². The molecule has 2 aromatic rings. The van der Waals surface area contributed by atoms with Crippen molar-refractivity contribution < 1.29 is 9.53 Å². The lowest BCUT2D eigenvalue weighted by molar-refractivity contribution is 0.104. The molecule has 0 amide bonds. The van der Waals surface area contributed by atoms with Crippen molar-refractivity contribution >= 4 is 23.1 Å². The summed E-state index contributed by atoms with van der Waals surface area (Å²) in [7, 11) is 1.67. The molecule has 0 N–H and O–H groups in total. The van der Waals surface area contributed by atoms with Crippen LogP contribution in [0.25, 0.3) is 5.76 Å². The molecule has 0 aliphatic heterocycles. The van der Waals surface area contributed by atoms with E-state index in [0.717, 1.165) is 29.7 Å².